The first-order valence-electron chi connectivity index (χ1n) is 28.1. The Hall–Kier alpha value is -4.36. The van der Waals surface area contributed by atoms with Gasteiger partial charge in [0.1, 0.15) is 0 Å². The summed E-state index contributed by atoms with van der Waals surface area (Å²) in [5.41, 5.74) is 10.1. The van der Waals surface area contributed by atoms with Crippen molar-refractivity contribution >= 4 is 105 Å². The van der Waals surface area contributed by atoms with E-state index in [9.17, 15) is 30.0 Å². The van der Waals surface area contributed by atoms with Crippen molar-refractivity contribution in [1.82, 2.24) is 9.97 Å². The van der Waals surface area contributed by atoms with E-state index < -0.39 is 23.1 Å². The Bertz CT molecular complexity index is 3400. The molecule has 2 heterocycles. The molecular formula is C70H76Cl2N2Na2O9S2. The van der Waals surface area contributed by atoms with Crippen molar-refractivity contribution in [1.29, 1.82) is 0 Å². The molecule has 0 unspecified atom stereocenters. The van der Waals surface area contributed by atoms with Crippen LogP contribution in [0.25, 0.3) is 46.1 Å². The Morgan fingerprint density at radius 1 is 0.529 bits per heavy atom. The second-order valence-corrected chi connectivity index (χ2v) is 26.6. The van der Waals surface area contributed by atoms with Crippen LogP contribution in [0, 0.1) is 10.8 Å². The fraction of sp³-hybridized carbons (Fsp3) is 0.314. The number of carboxylic acid groups (broad SMARTS) is 2. The molecule has 2 fully saturated rings. The minimum atomic E-state index is -0.963. The zero-order valence-electron chi connectivity index (χ0n) is 50.5. The maximum absolute atomic E-state index is 11.4. The average Bonchev–Trinajstić information content (AvgIpc) is 2.25. The van der Waals surface area contributed by atoms with Crippen LogP contribution in [-0.2, 0) is 33.6 Å². The van der Waals surface area contributed by atoms with E-state index in [0.717, 1.165) is 129 Å². The predicted octanol–water partition coefficient (Wildman–Crippen LogP) is 6.76. The summed E-state index contributed by atoms with van der Waals surface area (Å²) >= 11 is 16.0. The molecule has 2 saturated carbocycles. The molecule has 0 amide bonds. The van der Waals surface area contributed by atoms with Gasteiger partial charge in [-0.05, 0) is 207 Å². The summed E-state index contributed by atoms with van der Waals surface area (Å²) in [7, 11) is 0. The van der Waals surface area contributed by atoms with E-state index in [2.05, 4.69) is 72.8 Å². The molecule has 2 atom stereocenters. The van der Waals surface area contributed by atoms with Crippen LogP contribution in [0.1, 0.15) is 145 Å². The quantitative estimate of drug-likeness (QED) is 0.0603. The molecule has 0 saturated heterocycles. The first kappa shape index (κ1) is 75.1. The van der Waals surface area contributed by atoms with Crippen LogP contribution in [0.4, 0.5) is 0 Å². The van der Waals surface area contributed by atoms with Gasteiger partial charge in [-0.1, -0.05) is 157 Å². The van der Waals surface area contributed by atoms with Crippen molar-refractivity contribution in [3.05, 3.63) is 224 Å². The first-order chi connectivity index (χ1) is 39.2. The maximum atomic E-state index is 11.4. The van der Waals surface area contributed by atoms with Crippen molar-refractivity contribution in [3.63, 3.8) is 0 Å². The SMILES string of the molecule is CC(C)(O)c1ccccc1CC[C@@H](SCC1(CC(=O)[O-])CC1)c1cccc(/C=C/c2ccc3ccc(Cl)cc3n2)c1.CC(C)(O)c1ccccc1CC[C@@H](SCC1(CC(=O)[O-])CC1)c1cccc(/C=C/c2ccc3ccc(Cl)cc3n2)c1.O.O.O.[Na+].[Na+]. The summed E-state index contributed by atoms with van der Waals surface area (Å²) in [5.74, 6) is -0.337. The number of rotatable bonds is 24. The van der Waals surface area contributed by atoms with E-state index in [1.165, 1.54) is 11.1 Å². The summed E-state index contributed by atoms with van der Waals surface area (Å²) in [5, 5.41) is 48.0. The number of aromatic nitrogens is 2. The van der Waals surface area contributed by atoms with Gasteiger partial charge in [0, 0.05) is 43.3 Å². The Balaban J connectivity index is 0.000000352. The van der Waals surface area contributed by atoms with E-state index in [1.807, 2.05) is 160 Å². The summed E-state index contributed by atoms with van der Waals surface area (Å²) < 4.78 is 0. The molecule has 2 aliphatic rings. The summed E-state index contributed by atoms with van der Waals surface area (Å²) in [6, 6.07) is 52.8. The minimum Gasteiger partial charge on any atom is -0.550 e. The number of halogens is 2. The molecule has 0 aliphatic heterocycles. The molecule has 10 rings (SSSR count). The Morgan fingerprint density at radius 2 is 0.897 bits per heavy atom. The zero-order valence-corrected chi connectivity index (χ0v) is 57.6. The third kappa shape index (κ3) is 21.9. The molecular weight excluding hydrogens is 1190 g/mol. The zero-order chi connectivity index (χ0) is 58.1. The molecule has 448 valence electrons. The Morgan fingerprint density at radius 3 is 1.25 bits per heavy atom. The first-order valence-corrected chi connectivity index (χ1v) is 31.0. The van der Waals surface area contributed by atoms with Crippen molar-refractivity contribution in [3.8, 4) is 0 Å². The van der Waals surface area contributed by atoms with E-state index >= 15 is 0 Å². The number of hydrogen-bond donors (Lipinski definition) is 2. The van der Waals surface area contributed by atoms with Crippen LogP contribution in [0.2, 0.25) is 10.0 Å². The molecule has 11 nitrogen and oxygen atoms in total. The van der Waals surface area contributed by atoms with Gasteiger partial charge in [-0.3, -0.25) is 0 Å². The van der Waals surface area contributed by atoms with Gasteiger partial charge in [0.2, 0.25) is 0 Å². The number of nitrogens with zero attached hydrogens (tertiary/aromatic N) is 2. The third-order valence-electron chi connectivity index (χ3n) is 15.6. The second-order valence-electron chi connectivity index (χ2n) is 23.4. The van der Waals surface area contributed by atoms with Crippen LogP contribution < -0.4 is 69.3 Å². The molecule has 6 aromatic carbocycles. The van der Waals surface area contributed by atoms with Crippen LogP contribution >= 0.6 is 46.7 Å². The topological polar surface area (TPSA) is 241 Å². The molecule has 8 aromatic rings. The summed E-state index contributed by atoms with van der Waals surface area (Å²) in [6.07, 6.45) is 15.6. The summed E-state index contributed by atoms with van der Waals surface area (Å²) in [4.78, 5) is 32.2. The fourth-order valence-electron chi connectivity index (χ4n) is 10.7. The number of carbonyl (C=O) groups is 2. The van der Waals surface area contributed by atoms with Crippen molar-refractivity contribution < 1.29 is 106 Å². The number of aryl methyl sites for hydroxylation is 2. The van der Waals surface area contributed by atoms with Gasteiger partial charge in [0.05, 0.1) is 33.6 Å². The predicted molar refractivity (Wildman–Crippen MR) is 348 cm³/mol. The Kier molecular flexibility index (Phi) is 29.0. The number of pyridine rings is 2. The molecule has 8 N–H and O–H groups in total. The normalized spacial score (nSPS) is 14.4. The number of fused-ring (bicyclic) bond motifs is 2. The van der Waals surface area contributed by atoms with Gasteiger partial charge in [0.25, 0.3) is 0 Å². The van der Waals surface area contributed by atoms with Crippen LogP contribution in [0.3, 0.4) is 0 Å². The van der Waals surface area contributed by atoms with Gasteiger partial charge in [-0.2, -0.15) is 23.5 Å². The van der Waals surface area contributed by atoms with Gasteiger partial charge in [-0.15, -0.1) is 0 Å². The number of thioether (sulfide) groups is 2. The number of carbonyl (C=O) groups excluding carboxylic acids is 2. The number of hydrogen-bond acceptors (Lipinski definition) is 10. The monoisotopic (exact) mass is 1270 g/mol. The molecule has 2 aliphatic carbocycles. The second kappa shape index (κ2) is 33.6. The van der Waals surface area contributed by atoms with E-state index in [0.29, 0.717) is 10.0 Å². The molecule has 0 spiro atoms. The van der Waals surface area contributed by atoms with Crippen LogP contribution in [0.15, 0.2) is 158 Å². The average molecular weight is 1270 g/mol. The number of aliphatic carboxylic acids is 2. The van der Waals surface area contributed by atoms with Gasteiger partial charge < -0.3 is 46.4 Å². The smallest absolute Gasteiger partial charge is 0.550 e. The number of carboxylic acids is 2. The van der Waals surface area contributed by atoms with Gasteiger partial charge in [-0.25, -0.2) is 9.97 Å². The van der Waals surface area contributed by atoms with E-state index in [-0.39, 0.29) is 110 Å². The minimum absolute atomic E-state index is 0. The molecule has 17 heteroatoms. The van der Waals surface area contributed by atoms with Gasteiger partial charge >= 0.3 is 59.1 Å². The molecule has 0 bridgehead atoms. The largest absolute Gasteiger partial charge is 1.00 e. The number of benzene rings is 6. The fourth-order valence-corrected chi connectivity index (χ4v) is 14.2. The standard InChI is InChI=1S/2C35H36ClNO3S.2Na.3H2O/c2*1-34(2,40)30-9-4-3-7-25(30)13-17-32(41-23-35(18-19-35)22-33(38)39)27-8-5-6-24(20-27)10-15-29-16-12-26-11-14-28(36)21-31(26)37-29;;;;;/h2*3-12,14-16,20-21,32,40H,13,17-19,22-23H2,1-2H3,(H,38,39);;;3*1H2/q;;2*+1;;;/p-2/b2*15-10+;;;;;/t2*32-;;;;;/m11...../s1. The van der Waals surface area contributed by atoms with Gasteiger partial charge in [0.15, 0.2) is 0 Å². The van der Waals surface area contributed by atoms with Crippen molar-refractivity contribution in [2.75, 3.05) is 11.5 Å². The van der Waals surface area contributed by atoms with Crippen molar-refractivity contribution in [2.24, 2.45) is 10.8 Å². The van der Waals surface area contributed by atoms with E-state index in [4.69, 9.17) is 33.2 Å². The molecule has 87 heavy (non-hydrogen) atoms. The number of aliphatic hydroxyl groups is 2. The summed E-state index contributed by atoms with van der Waals surface area (Å²) in [6.45, 7) is 7.29. The van der Waals surface area contributed by atoms with Crippen LogP contribution in [-0.4, -0.2) is 60.1 Å². The van der Waals surface area contributed by atoms with Crippen LogP contribution in [0.5, 0.6) is 0 Å². The maximum Gasteiger partial charge on any atom is 1.00 e. The van der Waals surface area contributed by atoms with Crippen molar-refractivity contribution in [2.45, 2.75) is 114 Å². The third-order valence-corrected chi connectivity index (χ3v) is 19.5. The molecule has 2 aromatic heterocycles. The van der Waals surface area contributed by atoms with E-state index in [1.54, 1.807) is 0 Å². The Labute approximate surface area is 574 Å². The molecule has 0 radical (unpaired) electrons.